The summed E-state index contributed by atoms with van der Waals surface area (Å²) in [6.45, 7) is 0.606. The minimum atomic E-state index is -0.915. The average molecular weight is 419 g/mol. The lowest BCUT2D eigenvalue weighted by Gasteiger charge is -2.37. The van der Waals surface area contributed by atoms with Crippen LogP contribution in [0.2, 0.25) is 0 Å². The Hall–Kier alpha value is -3.24. The number of amides is 2. The molecule has 2 unspecified atom stereocenters. The molecule has 2 atom stereocenters. The normalized spacial score (nSPS) is 24.3. The highest BCUT2D eigenvalue weighted by Crippen LogP contribution is 2.47. The zero-order chi connectivity index (χ0) is 21.6. The maximum atomic E-state index is 14.2. The molecule has 158 valence electrons. The second kappa shape index (κ2) is 7.47. The number of hydrogen-bond donors (Lipinski definition) is 0. The van der Waals surface area contributed by atoms with E-state index in [2.05, 4.69) is 0 Å². The summed E-state index contributed by atoms with van der Waals surface area (Å²) in [4.78, 5) is 29.7. The molecule has 1 spiro atoms. The molecular formula is C24H22FN3O3. The van der Waals surface area contributed by atoms with Crippen LogP contribution in [0.3, 0.4) is 0 Å². The predicted molar refractivity (Wildman–Crippen MR) is 109 cm³/mol. The molecule has 0 saturated carbocycles. The van der Waals surface area contributed by atoms with Crippen LogP contribution in [0.25, 0.3) is 0 Å². The summed E-state index contributed by atoms with van der Waals surface area (Å²) < 4.78 is 20.5. The Balaban J connectivity index is 1.31. The van der Waals surface area contributed by atoms with Gasteiger partial charge in [0.15, 0.2) is 5.60 Å². The summed E-state index contributed by atoms with van der Waals surface area (Å²) in [5, 5.41) is 9.04. The number of rotatable bonds is 2. The lowest BCUT2D eigenvalue weighted by Crippen LogP contribution is -2.51. The molecule has 3 heterocycles. The molecule has 3 aliphatic rings. The number of ether oxygens (including phenoxy) is 1. The maximum Gasteiger partial charge on any atom is 0.257 e. The molecule has 3 saturated heterocycles. The van der Waals surface area contributed by atoms with Crippen molar-refractivity contribution in [2.75, 3.05) is 13.1 Å². The molecule has 0 N–H and O–H groups in total. The lowest BCUT2D eigenvalue weighted by molar-refractivity contribution is -0.142. The van der Waals surface area contributed by atoms with Crippen molar-refractivity contribution < 1.29 is 18.7 Å². The average Bonchev–Trinajstić information content (AvgIpc) is 3.33. The summed E-state index contributed by atoms with van der Waals surface area (Å²) in [5.41, 5.74) is 0.320. The van der Waals surface area contributed by atoms with Gasteiger partial charge in [0.05, 0.1) is 23.2 Å². The number of fused-ring (bicyclic) bond motifs is 1. The van der Waals surface area contributed by atoms with E-state index in [1.54, 1.807) is 4.90 Å². The van der Waals surface area contributed by atoms with Gasteiger partial charge < -0.3 is 14.5 Å². The molecule has 2 amide bonds. The van der Waals surface area contributed by atoms with E-state index < -0.39 is 17.3 Å². The molecular weight excluding hydrogens is 397 g/mol. The summed E-state index contributed by atoms with van der Waals surface area (Å²) in [7, 11) is 0. The van der Waals surface area contributed by atoms with E-state index in [9.17, 15) is 14.0 Å². The Bertz CT molecular complexity index is 1070. The van der Waals surface area contributed by atoms with Gasteiger partial charge in [-0.15, -0.1) is 0 Å². The van der Waals surface area contributed by atoms with Crippen molar-refractivity contribution in [2.45, 2.75) is 43.6 Å². The van der Waals surface area contributed by atoms with Crippen molar-refractivity contribution in [1.82, 2.24) is 9.80 Å². The number of nitriles is 1. The quantitative estimate of drug-likeness (QED) is 0.748. The van der Waals surface area contributed by atoms with E-state index in [1.165, 1.54) is 12.1 Å². The van der Waals surface area contributed by atoms with E-state index in [4.69, 9.17) is 10.00 Å². The minimum Gasteiger partial charge on any atom is -0.342 e. The number of nitrogens with zero attached hydrogens (tertiary/aromatic N) is 3. The van der Waals surface area contributed by atoms with Crippen LogP contribution in [0.4, 0.5) is 4.39 Å². The van der Waals surface area contributed by atoms with Crippen molar-refractivity contribution in [3.63, 3.8) is 0 Å². The number of halogens is 1. The van der Waals surface area contributed by atoms with Crippen LogP contribution in [-0.2, 0) is 9.53 Å². The van der Waals surface area contributed by atoms with Crippen LogP contribution in [0.15, 0.2) is 48.5 Å². The third-order valence-corrected chi connectivity index (χ3v) is 6.69. The largest absolute Gasteiger partial charge is 0.342 e. The van der Waals surface area contributed by atoms with E-state index >= 15 is 0 Å². The van der Waals surface area contributed by atoms with Gasteiger partial charge in [-0.25, -0.2) is 4.39 Å². The van der Waals surface area contributed by atoms with E-state index in [0.29, 0.717) is 25.9 Å². The van der Waals surface area contributed by atoms with Crippen LogP contribution in [-0.4, -0.2) is 46.5 Å². The Kier molecular flexibility index (Phi) is 4.75. The lowest BCUT2D eigenvalue weighted by atomic mass is 9.89. The van der Waals surface area contributed by atoms with Gasteiger partial charge in [0.1, 0.15) is 12.0 Å². The minimum absolute atomic E-state index is 0.00592. The zero-order valence-electron chi connectivity index (χ0n) is 17.0. The summed E-state index contributed by atoms with van der Waals surface area (Å²) >= 11 is 0. The SMILES string of the molecule is N#Cc1ccc(F)c(C(=O)N2CCC3(CC2)OC2CCC(c4ccccc4)N2C3=O)c1. The second-order valence-electron chi connectivity index (χ2n) is 8.38. The van der Waals surface area contributed by atoms with Crippen LogP contribution in [0.5, 0.6) is 0 Å². The van der Waals surface area contributed by atoms with Gasteiger partial charge >= 0.3 is 0 Å². The number of piperidine rings is 1. The standard InChI is InChI=1S/C24H22FN3O3/c25-19-7-6-16(15-26)14-18(19)22(29)27-12-10-24(11-13-27)23(30)28-20(8-9-21(28)31-24)17-4-2-1-3-5-17/h1-7,14,20-21H,8-13H2. The number of carbonyl (C=O) groups is 2. The Morgan fingerprint density at radius 1 is 1.13 bits per heavy atom. The fourth-order valence-corrected chi connectivity index (χ4v) is 5.05. The number of likely N-dealkylation sites (tertiary alicyclic amines) is 1. The van der Waals surface area contributed by atoms with Gasteiger partial charge in [0.2, 0.25) is 0 Å². The summed E-state index contributed by atoms with van der Waals surface area (Å²) in [6, 6.07) is 15.7. The van der Waals surface area contributed by atoms with Gasteiger partial charge in [-0.05, 0) is 36.6 Å². The smallest absolute Gasteiger partial charge is 0.257 e. The summed E-state index contributed by atoms with van der Waals surface area (Å²) in [6.07, 6.45) is 2.19. The van der Waals surface area contributed by atoms with Gasteiger partial charge in [-0.2, -0.15) is 5.26 Å². The third kappa shape index (κ3) is 3.19. The number of hydrogen-bond acceptors (Lipinski definition) is 4. The molecule has 0 aliphatic carbocycles. The molecule has 0 radical (unpaired) electrons. The van der Waals surface area contributed by atoms with Gasteiger partial charge in [0, 0.05) is 25.9 Å². The third-order valence-electron chi connectivity index (χ3n) is 6.69. The highest BCUT2D eigenvalue weighted by Gasteiger charge is 2.58. The molecule has 3 aliphatic heterocycles. The predicted octanol–water partition coefficient (Wildman–Crippen LogP) is 3.39. The van der Waals surface area contributed by atoms with Gasteiger partial charge in [-0.3, -0.25) is 9.59 Å². The zero-order valence-corrected chi connectivity index (χ0v) is 17.0. The molecule has 7 heteroatoms. The van der Waals surface area contributed by atoms with Crippen molar-refractivity contribution in [1.29, 1.82) is 5.26 Å². The molecule has 5 rings (SSSR count). The Morgan fingerprint density at radius 3 is 2.58 bits per heavy atom. The number of benzene rings is 2. The Labute approximate surface area is 179 Å². The monoisotopic (exact) mass is 419 g/mol. The molecule has 2 aromatic rings. The van der Waals surface area contributed by atoms with E-state index in [0.717, 1.165) is 24.5 Å². The maximum absolute atomic E-state index is 14.2. The van der Waals surface area contributed by atoms with Crippen LogP contribution in [0.1, 0.15) is 53.2 Å². The van der Waals surface area contributed by atoms with Crippen molar-refractivity contribution in [3.05, 3.63) is 71.0 Å². The van der Waals surface area contributed by atoms with Crippen LogP contribution in [0, 0.1) is 17.1 Å². The van der Waals surface area contributed by atoms with Crippen molar-refractivity contribution in [3.8, 4) is 6.07 Å². The van der Waals surface area contributed by atoms with Gasteiger partial charge in [0.25, 0.3) is 11.8 Å². The highest BCUT2D eigenvalue weighted by molar-refractivity contribution is 5.95. The van der Waals surface area contributed by atoms with E-state index in [-0.39, 0.29) is 29.3 Å². The first kappa shape index (κ1) is 19.7. The summed E-state index contributed by atoms with van der Waals surface area (Å²) in [5.74, 6) is -1.12. The highest BCUT2D eigenvalue weighted by atomic mass is 19.1. The fraction of sp³-hybridized carbons (Fsp3) is 0.375. The second-order valence-corrected chi connectivity index (χ2v) is 8.38. The van der Waals surface area contributed by atoms with Crippen molar-refractivity contribution >= 4 is 11.8 Å². The van der Waals surface area contributed by atoms with Crippen LogP contribution >= 0.6 is 0 Å². The molecule has 3 fully saturated rings. The van der Waals surface area contributed by atoms with Crippen LogP contribution < -0.4 is 0 Å². The first-order chi connectivity index (χ1) is 15.0. The molecule has 2 aromatic carbocycles. The van der Waals surface area contributed by atoms with Crippen molar-refractivity contribution in [2.24, 2.45) is 0 Å². The first-order valence-corrected chi connectivity index (χ1v) is 10.6. The molecule has 6 nitrogen and oxygen atoms in total. The molecule has 31 heavy (non-hydrogen) atoms. The van der Waals surface area contributed by atoms with Gasteiger partial charge in [-0.1, -0.05) is 30.3 Å². The Morgan fingerprint density at radius 2 is 1.87 bits per heavy atom. The van der Waals surface area contributed by atoms with E-state index in [1.807, 2.05) is 41.3 Å². The fourth-order valence-electron chi connectivity index (χ4n) is 5.05. The first-order valence-electron chi connectivity index (χ1n) is 10.6. The topological polar surface area (TPSA) is 73.6 Å². The molecule has 0 bridgehead atoms. The molecule has 0 aromatic heterocycles. The number of carbonyl (C=O) groups excluding carboxylic acids is 2.